The molecule has 0 saturated heterocycles. The van der Waals surface area contributed by atoms with Crippen LogP contribution in [0.1, 0.15) is 18.4 Å². The first-order valence-corrected chi connectivity index (χ1v) is 9.90. The van der Waals surface area contributed by atoms with Gasteiger partial charge in [0.25, 0.3) is 5.69 Å². The van der Waals surface area contributed by atoms with Crippen molar-refractivity contribution in [3.63, 3.8) is 0 Å². The molecule has 0 amide bonds. The molecule has 146 valence electrons. The minimum absolute atomic E-state index is 0.0799. The molecule has 1 heterocycles. The van der Waals surface area contributed by atoms with Gasteiger partial charge in [0, 0.05) is 18.2 Å². The molecule has 0 saturated carbocycles. The zero-order chi connectivity index (χ0) is 20.3. The molecule has 0 radical (unpaired) electrons. The summed E-state index contributed by atoms with van der Waals surface area (Å²) in [6.45, 7) is 3.45. The van der Waals surface area contributed by atoms with Crippen LogP contribution >= 0.6 is 0 Å². The molecule has 2 aromatic carbocycles. The highest BCUT2D eigenvalue weighted by Gasteiger charge is 2.31. The number of para-hydroxylation sites is 1. The van der Waals surface area contributed by atoms with E-state index in [-0.39, 0.29) is 23.9 Å². The first kappa shape index (κ1) is 19.6. The van der Waals surface area contributed by atoms with Crippen LogP contribution < -0.4 is 0 Å². The second kappa shape index (κ2) is 7.87. The third-order valence-electron chi connectivity index (χ3n) is 4.09. The fraction of sp³-hybridized carbons (Fsp3) is 0.222. The number of nitro groups is 1. The number of hydrogen-bond acceptors (Lipinski definition) is 7. The second-order valence-electron chi connectivity index (χ2n) is 6.04. The van der Waals surface area contributed by atoms with Crippen LogP contribution in [0.3, 0.4) is 0 Å². The fourth-order valence-corrected chi connectivity index (χ4v) is 4.26. The molecule has 0 unspecified atom stereocenters. The van der Waals surface area contributed by atoms with E-state index in [9.17, 15) is 18.5 Å². The Morgan fingerprint density at radius 3 is 2.61 bits per heavy atom. The SMILES string of the molecule is CCN(Cc1nc(-c2cccc(C)c2)no1)S(=O)(=O)c1ccccc1[N+](=O)[O-]. The summed E-state index contributed by atoms with van der Waals surface area (Å²) in [4.78, 5) is 14.4. The van der Waals surface area contributed by atoms with Gasteiger partial charge in [-0.3, -0.25) is 10.1 Å². The summed E-state index contributed by atoms with van der Waals surface area (Å²) < 4.78 is 32.1. The van der Waals surface area contributed by atoms with Crippen molar-refractivity contribution in [2.45, 2.75) is 25.3 Å². The average molecular weight is 402 g/mol. The maximum Gasteiger partial charge on any atom is 0.289 e. The molecule has 28 heavy (non-hydrogen) atoms. The van der Waals surface area contributed by atoms with E-state index in [0.717, 1.165) is 21.5 Å². The first-order valence-electron chi connectivity index (χ1n) is 8.46. The van der Waals surface area contributed by atoms with Crippen LogP contribution in [0.15, 0.2) is 57.9 Å². The summed E-state index contributed by atoms with van der Waals surface area (Å²) in [7, 11) is -4.12. The number of nitrogens with zero attached hydrogens (tertiary/aromatic N) is 4. The molecule has 3 rings (SSSR count). The highest BCUT2D eigenvalue weighted by atomic mass is 32.2. The van der Waals surface area contributed by atoms with Crippen molar-refractivity contribution >= 4 is 15.7 Å². The van der Waals surface area contributed by atoms with Gasteiger partial charge >= 0.3 is 0 Å². The second-order valence-corrected chi connectivity index (χ2v) is 7.94. The lowest BCUT2D eigenvalue weighted by Gasteiger charge is -2.18. The number of aromatic nitrogens is 2. The van der Waals surface area contributed by atoms with E-state index in [1.54, 1.807) is 6.92 Å². The largest absolute Gasteiger partial charge is 0.338 e. The van der Waals surface area contributed by atoms with Gasteiger partial charge in [0.2, 0.25) is 21.7 Å². The number of hydrogen-bond donors (Lipinski definition) is 0. The third kappa shape index (κ3) is 3.92. The third-order valence-corrected chi connectivity index (χ3v) is 6.06. The quantitative estimate of drug-likeness (QED) is 0.440. The van der Waals surface area contributed by atoms with Crippen molar-refractivity contribution in [1.29, 1.82) is 0 Å². The molecule has 9 nitrogen and oxygen atoms in total. The Bertz CT molecular complexity index is 1110. The van der Waals surface area contributed by atoms with Gasteiger partial charge in [0.1, 0.15) is 0 Å². The zero-order valence-corrected chi connectivity index (χ0v) is 16.1. The number of aryl methyl sites for hydroxylation is 1. The predicted octanol–water partition coefficient (Wildman–Crippen LogP) is 3.16. The lowest BCUT2D eigenvalue weighted by atomic mass is 10.1. The van der Waals surface area contributed by atoms with Gasteiger partial charge in [-0.1, -0.05) is 48.0 Å². The molecule has 0 aliphatic rings. The Morgan fingerprint density at radius 1 is 1.18 bits per heavy atom. The number of rotatable bonds is 7. The van der Waals surface area contributed by atoms with Gasteiger partial charge in [-0.15, -0.1) is 0 Å². The molecular weight excluding hydrogens is 384 g/mol. The van der Waals surface area contributed by atoms with Crippen LogP contribution in [-0.2, 0) is 16.6 Å². The molecule has 3 aromatic rings. The Labute approximate surface area is 161 Å². The minimum Gasteiger partial charge on any atom is -0.338 e. The van der Waals surface area contributed by atoms with Gasteiger partial charge < -0.3 is 4.52 Å². The van der Waals surface area contributed by atoms with Crippen LogP contribution in [0.4, 0.5) is 5.69 Å². The van der Waals surface area contributed by atoms with Gasteiger partial charge in [-0.25, -0.2) is 8.42 Å². The summed E-state index contributed by atoms with van der Waals surface area (Å²) in [5, 5.41) is 15.1. The van der Waals surface area contributed by atoms with Crippen LogP contribution in [0, 0.1) is 17.0 Å². The zero-order valence-electron chi connectivity index (χ0n) is 15.3. The topological polar surface area (TPSA) is 119 Å². The summed E-state index contributed by atoms with van der Waals surface area (Å²) in [5.74, 6) is 0.443. The van der Waals surface area contributed by atoms with Crippen molar-refractivity contribution < 1.29 is 17.9 Å². The fourth-order valence-electron chi connectivity index (χ4n) is 2.70. The monoisotopic (exact) mass is 402 g/mol. The van der Waals surface area contributed by atoms with Gasteiger partial charge in [-0.2, -0.15) is 9.29 Å². The molecule has 0 atom stereocenters. The van der Waals surface area contributed by atoms with E-state index < -0.39 is 20.6 Å². The molecule has 0 aliphatic heterocycles. The van der Waals surface area contributed by atoms with E-state index in [4.69, 9.17) is 4.52 Å². The van der Waals surface area contributed by atoms with E-state index in [0.29, 0.717) is 5.82 Å². The van der Waals surface area contributed by atoms with Crippen LogP contribution in [0.25, 0.3) is 11.4 Å². The number of benzene rings is 2. The lowest BCUT2D eigenvalue weighted by Crippen LogP contribution is -2.31. The summed E-state index contributed by atoms with van der Waals surface area (Å²) in [6, 6.07) is 12.7. The first-order chi connectivity index (χ1) is 13.3. The van der Waals surface area contributed by atoms with Crippen LogP contribution in [0.2, 0.25) is 0 Å². The highest BCUT2D eigenvalue weighted by molar-refractivity contribution is 7.89. The summed E-state index contributed by atoms with van der Waals surface area (Å²) >= 11 is 0. The maximum absolute atomic E-state index is 12.9. The predicted molar refractivity (Wildman–Crippen MR) is 101 cm³/mol. The Hall–Kier alpha value is -3.11. The van der Waals surface area contributed by atoms with Gasteiger partial charge in [0.15, 0.2) is 4.90 Å². The summed E-state index contributed by atoms with van der Waals surface area (Å²) in [5.41, 5.74) is 1.30. The Kier molecular flexibility index (Phi) is 5.52. The van der Waals surface area contributed by atoms with Gasteiger partial charge in [0.05, 0.1) is 11.5 Å². The van der Waals surface area contributed by atoms with E-state index in [1.807, 2.05) is 31.2 Å². The Balaban J connectivity index is 1.90. The highest BCUT2D eigenvalue weighted by Crippen LogP contribution is 2.27. The minimum atomic E-state index is -4.12. The van der Waals surface area contributed by atoms with Crippen molar-refractivity contribution in [3.8, 4) is 11.4 Å². The van der Waals surface area contributed by atoms with Gasteiger partial charge in [-0.05, 0) is 19.1 Å². The normalized spacial score (nSPS) is 11.7. The average Bonchev–Trinajstić information content (AvgIpc) is 3.14. The van der Waals surface area contributed by atoms with Crippen molar-refractivity contribution in [1.82, 2.24) is 14.4 Å². The van der Waals surface area contributed by atoms with E-state index >= 15 is 0 Å². The van der Waals surface area contributed by atoms with Crippen molar-refractivity contribution in [3.05, 3.63) is 70.1 Å². The Morgan fingerprint density at radius 2 is 1.93 bits per heavy atom. The van der Waals surface area contributed by atoms with Crippen molar-refractivity contribution in [2.75, 3.05) is 6.54 Å². The number of sulfonamides is 1. The van der Waals surface area contributed by atoms with Crippen LogP contribution in [-0.4, -0.2) is 34.3 Å². The summed E-state index contributed by atoms with van der Waals surface area (Å²) in [6.07, 6.45) is 0. The standard InChI is InChI=1S/C18H18N4O5S/c1-3-21(28(25,26)16-10-5-4-9-15(16)22(23)24)12-17-19-18(20-27-17)14-8-6-7-13(2)11-14/h4-11H,3,12H2,1-2H3. The molecule has 1 aromatic heterocycles. The van der Waals surface area contributed by atoms with E-state index in [2.05, 4.69) is 10.1 Å². The van der Waals surface area contributed by atoms with Crippen LogP contribution in [0.5, 0.6) is 0 Å². The molecule has 0 aliphatic carbocycles. The molecular formula is C18H18N4O5S. The molecule has 0 fully saturated rings. The molecule has 0 bridgehead atoms. The smallest absolute Gasteiger partial charge is 0.289 e. The maximum atomic E-state index is 12.9. The molecule has 0 N–H and O–H groups in total. The van der Waals surface area contributed by atoms with Crippen molar-refractivity contribution in [2.24, 2.45) is 0 Å². The number of nitro benzene ring substituents is 1. The van der Waals surface area contributed by atoms with E-state index in [1.165, 1.54) is 18.2 Å². The lowest BCUT2D eigenvalue weighted by molar-refractivity contribution is -0.387. The molecule has 10 heteroatoms. The molecule has 0 spiro atoms.